The van der Waals surface area contributed by atoms with Gasteiger partial charge in [-0.2, -0.15) is 0 Å². The first-order valence-corrected chi connectivity index (χ1v) is 21.3. The van der Waals surface area contributed by atoms with Crippen LogP contribution in [0.2, 0.25) is 19.6 Å². The van der Waals surface area contributed by atoms with Gasteiger partial charge in [-0.1, -0.05) is 101 Å². The van der Waals surface area contributed by atoms with E-state index in [0.29, 0.717) is 11.8 Å². The second kappa shape index (κ2) is 15.1. The molecule has 0 aliphatic rings. The number of imidazole rings is 1. The molecular weight excluding hydrogens is 833 g/mol. The Morgan fingerprint density at radius 3 is 2.12 bits per heavy atom. The van der Waals surface area contributed by atoms with Gasteiger partial charge in [0.1, 0.15) is 5.58 Å². The molecule has 0 spiro atoms. The van der Waals surface area contributed by atoms with Crippen molar-refractivity contribution in [2.24, 2.45) is 0 Å². The molecule has 52 heavy (non-hydrogen) atoms. The predicted octanol–water partition coefficient (Wildman–Crippen LogP) is 11.4. The Hall–Kier alpha value is -4.68. The summed E-state index contributed by atoms with van der Waals surface area (Å²) in [5, 5.41) is 3.44. The van der Waals surface area contributed by atoms with Gasteiger partial charge in [-0.25, -0.2) is 0 Å². The van der Waals surface area contributed by atoms with Crippen molar-refractivity contribution in [3.63, 3.8) is 0 Å². The van der Waals surface area contributed by atoms with E-state index in [1.54, 1.807) is 0 Å². The van der Waals surface area contributed by atoms with Gasteiger partial charge in [0.05, 0.1) is 30.5 Å². The number of pyridine rings is 2. The van der Waals surface area contributed by atoms with E-state index in [9.17, 15) is 0 Å². The van der Waals surface area contributed by atoms with E-state index in [0.717, 1.165) is 61.3 Å². The minimum Gasteiger partial charge on any atom is -0.500 e. The molecule has 265 valence electrons. The number of fused-ring (bicyclic) bond motifs is 4. The second-order valence-electron chi connectivity index (χ2n) is 14.8. The van der Waals surface area contributed by atoms with Crippen molar-refractivity contribution < 1.29 is 24.5 Å². The van der Waals surface area contributed by atoms with E-state index in [4.69, 9.17) is 9.40 Å². The molecule has 4 heterocycles. The smallest absolute Gasteiger partial charge is 0.124 e. The van der Waals surface area contributed by atoms with Crippen LogP contribution >= 0.6 is 0 Å². The molecule has 0 fully saturated rings. The summed E-state index contributed by atoms with van der Waals surface area (Å²) in [6.07, 6.45) is 3.88. The molecular formula is C45H44IrN4OSi-2. The number of hydrogen-bond acceptors (Lipinski definition) is 4. The quantitative estimate of drug-likeness (QED) is 0.123. The molecule has 0 N–H and O–H groups in total. The first-order valence-electron chi connectivity index (χ1n) is 17.8. The molecule has 0 bridgehead atoms. The summed E-state index contributed by atoms with van der Waals surface area (Å²) in [4.78, 5) is 14.1. The van der Waals surface area contributed by atoms with Gasteiger partial charge in [-0.15, -0.1) is 54.1 Å². The number of nitrogens with zero attached hydrogens (tertiary/aromatic N) is 4. The van der Waals surface area contributed by atoms with Crippen LogP contribution in [0.15, 0.2) is 114 Å². The van der Waals surface area contributed by atoms with Crippen LogP contribution in [0.3, 0.4) is 0 Å². The van der Waals surface area contributed by atoms with Crippen LogP contribution in [-0.4, -0.2) is 27.6 Å². The van der Waals surface area contributed by atoms with Crippen molar-refractivity contribution in [2.45, 2.75) is 66.1 Å². The summed E-state index contributed by atoms with van der Waals surface area (Å²) in [6.45, 7) is 18.0. The van der Waals surface area contributed by atoms with Gasteiger partial charge in [-0.05, 0) is 52.9 Å². The Balaban J connectivity index is 0.000000176. The van der Waals surface area contributed by atoms with E-state index in [-0.39, 0.29) is 20.1 Å². The van der Waals surface area contributed by atoms with E-state index in [2.05, 4.69) is 135 Å². The average molecular weight is 877 g/mol. The van der Waals surface area contributed by atoms with Gasteiger partial charge >= 0.3 is 0 Å². The Bertz CT molecular complexity index is 2450. The zero-order chi connectivity index (χ0) is 35.9. The number of furan rings is 1. The maximum absolute atomic E-state index is 6.11. The summed E-state index contributed by atoms with van der Waals surface area (Å²) in [7, 11) is -1.35. The van der Waals surface area contributed by atoms with Gasteiger partial charge in [0.15, 0.2) is 0 Å². The summed E-state index contributed by atoms with van der Waals surface area (Å²) in [6, 6.07) is 40.0. The second-order valence-corrected chi connectivity index (χ2v) is 19.9. The van der Waals surface area contributed by atoms with Gasteiger partial charge in [0, 0.05) is 55.3 Å². The van der Waals surface area contributed by atoms with Crippen LogP contribution in [0, 0.1) is 19.1 Å². The molecule has 1 radical (unpaired) electrons. The molecule has 8 aromatic rings. The molecule has 4 aromatic heterocycles. The third kappa shape index (κ3) is 7.18. The zero-order valence-electron chi connectivity index (χ0n) is 31.1. The minimum atomic E-state index is -1.35. The average Bonchev–Trinajstić information content (AvgIpc) is 3.70. The monoisotopic (exact) mass is 877 g/mol. The molecule has 0 saturated heterocycles. The number of hydrogen-bond donors (Lipinski definition) is 0. The van der Waals surface area contributed by atoms with Gasteiger partial charge in [0.25, 0.3) is 0 Å². The van der Waals surface area contributed by atoms with Crippen LogP contribution in [0.25, 0.3) is 61.3 Å². The molecule has 0 unspecified atom stereocenters. The molecule has 7 heteroatoms. The molecule has 0 saturated carbocycles. The van der Waals surface area contributed by atoms with Crippen LogP contribution in [-0.2, 0) is 20.1 Å². The molecule has 0 aliphatic carbocycles. The van der Waals surface area contributed by atoms with Crippen molar-refractivity contribution in [3.05, 3.63) is 138 Å². The summed E-state index contributed by atoms with van der Waals surface area (Å²) in [5.41, 5.74) is 11.6. The van der Waals surface area contributed by atoms with Crippen LogP contribution < -0.4 is 5.19 Å². The number of aryl methyl sites for hydroxylation is 1. The summed E-state index contributed by atoms with van der Waals surface area (Å²) >= 11 is 0. The molecule has 0 atom stereocenters. The first kappa shape index (κ1) is 37.1. The van der Waals surface area contributed by atoms with Gasteiger partial charge in [-0.3, -0.25) is 9.97 Å². The predicted molar refractivity (Wildman–Crippen MR) is 215 cm³/mol. The van der Waals surface area contributed by atoms with Crippen molar-refractivity contribution in [1.29, 1.82) is 0 Å². The first-order chi connectivity index (χ1) is 24.5. The number of benzene rings is 4. The van der Waals surface area contributed by atoms with Crippen molar-refractivity contribution in [2.75, 3.05) is 0 Å². The molecule has 0 aliphatic heterocycles. The van der Waals surface area contributed by atoms with Crippen molar-refractivity contribution in [3.8, 4) is 28.3 Å². The fraction of sp³-hybridized carbons (Fsp3) is 0.222. The number of aromatic nitrogens is 4. The standard InChI is InChI=1S/C25H25N2.C20H19N2OSi.Ir/c1-17(2)20-13-10-14-21(18(3)4)24(20)27-23-16-9-8-15-22(23)26-25(27)19-11-6-5-7-12-19;1-13-10-19-17(12-21-13)15-6-5-7-16(20(15)23-19)18-9-8-14(11-22-18)24(2,3)4;/h5-11,13-18H,1-4H3;5-6,8-12H,1-4H3;/q2*-1;. The number of para-hydroxylation sites is 3. The molecule has 4 aromatic carbocycles. The fourth-order valence-electron chi connectivity index (χ4n) is 6.64. The molecule has 0 amide bonds. The Morgan fingerprint density at radius 1 is 0.731 bits per heavy atom. The van der Waals surface area contributed by atoms with Gasteiger partial charge < -0.3 is 14.0 Å². The largest absolute Gasteiger partial charge is 0.500 e. The maximum Gasteiger partial charge on any atom is 0.124 e. The Kier molecular flexibility index (Phi) is 10.8. The molecule has 5 nitrogen and oxygen atoms in total. The van der Waals surface area contributed by atoms with E-state index >= 15 is 0 Å². The summed E-state index contributed by atoms with van der Waals surface area (Å²) < 4.78 is 8.45. The molecule has 8 rings (SSSR count). The van der Waals surface area contributed by atoms with Crippen LogP contribution in [0.4, 0.5) is 0 Å². The van der Waals surface area contributed by atoms with Crippen molar-refractivity contribution in [1.82, 2.24) is 19.5 Å². The normalized spacial score (nSPS) is 11.7. The van der Waals surface area contributed by atoms with Crippen LogP contribution in [0.1, 0.15) is 56.4 Å². The SMILES string of the molecule is CC(C)c1cccc(C(C)C)c1-n1c(-c2[c-]cccc2)nc2ccccc21.Cc1cc2oc3c(-c4ccc([Si](C)(C)C)cn4)[c-]ccc3c2cn1.[Ir]. The number of rotatable bonds is 6. The van der Waals surface area contributed by atoms with E-state index in [1.807, 2.05) is 55.7 Å². The topological polar surface area (TPSA) is 56.7 Å². The Morgan fingerprint density at radius 2 is 1.46 bits per heavy atom. The summed E-state index contributed by atoms with van der Waals surface area (Å²) in [5.74, 6) is 1.80. The van der Waals surface area contributed by atoms with Crippen LogP contribution in [0.5, 0.6) is 0 Å². The minimum absolute atomic E-state index is 0. The van der Waals surface area contributed by atoms with Gasteiger partial charge in [0.2, 0.25) is 0 Å². The maximum atomic E-state index is 6.11. The zero-order valence-corrected chi connectivity index (χ0v) is 34.5. The Labute approximate surface area is 321 Å². The van der Waals surface area contributed by atoms with E-state index < -0.39 is 8.07 Å². The fourth-order valence-corrected chi connectivity index (χ4v) is 7.68. The third-order valence-electron chi connectivity index (χ3n) is 9.42. The third-order valence-corrected chi connectivity index (χ3v) is 11.4. The van der Waals surface area contributed by atoms with E-state index in [1.165, 1.54) is 22.0 Å². The van der Waals surface area contributed by atoms with Crippen molar-refractivity contribution >= 4 is 46.2 Å².